The molecule has 32 heavy (non-hydrogen) atoms. The molecule has 0 spiro atoms. The number of hydrogen-bond donors (Lipinski definition) is 2. The minimum Gasteiger partial charge on any atom is -0.350 e. The zero-order valence-corrected chi connectivity index (χ0v) is 16.7. The first kappa shape index (κ1) is 19.4. The SMILES string of the molecule is N#Cc1cc(CN2CCNC(=O)c3ccc(-n4c(=O)[nH]c5ncccc54)nc32)ccc1F. The number of aromatic nitrogens is 4. The second-order valence-electron chi connectivity index (χ2n) is 7.28. The molecule has 4 aromatic rings. The largest absolute Gasteiger partial charge is 0.350 e. The van der Waals surface area contributed by atoms with Gasteiger partial charge in [-0.05, 0) is 42.0 Å². The lowest BCUT2D eigenvalue weighted by Gasteiger charge is -2.23. The maximum Gasteiger partial charge on any atom is 0.333 e. The van der Waals surface area contributed by atoms with Crippen LogP contribution in [0.15, 0.2) is 53.5 Å². The number of anilines is 1. The summed E-state index contributed by atoms with van der Waals surface area (Å²) in [5, 5.41) is 12.0. The Balaban J connectivity index is 1.62. The van der Waals surface area contributed by atoms with Crippen LogP contribution in [0.3, 0.4) is 0 Å². The third-order valence-corrected chi connectivity index (χ3v) is 5.28. The molecule has 1 aliphatic heterocycles. The molecule has 0 unspecified atom stereocenters. The normalized spacial score (nSPS) is 13.4. The number of hydrogen-bond acceptors (Lipinski definition) is 6. The Morgan fingerprint density at radius 3 is 2.91 bits per heavy atom. The fourth-order valence-electron chi connectivity index (χ4n) is 3.79. The van der Waals surface area contributed by atoms with Gasteiger partial charge < -0.3 is 10.2 Å². The predicted molar refractivity (Wildman–Crippen MR) is 114 cm³/mol. The van der Waals surface area contributed by atoms with Crippen LogP contribution in [0.2, 0.25) is 0 Å². The monoisotopic (exact) mass is 429 g/mol. The number of amides is 1. The summed E-state index contributed by atoms with van der Waals surface area (Å²) >= 11 is 0. The summed E-state index contributed by atoms with van der Waals surface area (Å²) < 4.78 is 15.1. The average molecular weight is 429 g/mol. The van der Waals surface area contributed by atoms with Crippen LogP contribution in [0.25, 0.3) is 17.0 Å². The van der Waals surface area contributed by atoms with Gasteiger partial charge in [0.25, 0.3) is 5.91 Å². The highest BCUT2D eigenvalue weighted by Crippen LogP contribution is 2.25. The van der Waals surface area contributed by atoms with Crippen molar-refractivity contribution in [2.75, 3.05) is 18.0 Å². The summed E-state index contributed by atoms with van der Waals surface area (Å²) in [6, 6.07) is 12.9. The molecule has 1 amide bonds. The van der Waals surface area contributed by atoms with E-state index in [0.717, 1.165) is 0 Å². The van der Waals surface area contributed by atoms with Crippen molar-refractivity contribution in [1.29, 1.82) is 5.26 Å². The van der Waals surface area contributed by atoms with Gasteiger partial charge in [-0.25, -0.2) is 23.7 Å². The Kier molecular flexibility index (Phi) is 4.63. The smallest absolute Gasteiger partial charge is 0.333 e. The maximum absolute atomic E-state index is 13.7. The number of H-pyrrole nitrogens is 1. The number of halogens is 1. The van der Waals surface area contributed by atoms with Gasteiger partial charge in [0.05, 0.1) is 16.6 Å². The summed E-state index contributed by atoms with van der Waals surface area (Å²) in [5.41, 5.74) is 1.61. The lowest BCUT2D eigenvalue weighted by atomic mass is 10.1. The number of pyridine rings is 2. The van der Waals surface area contributed by atoms with Gasteiger partial charge >= 0.3 is 5.69 Å². The van der Waals surface area contributed by atoms with E-state index in [-0.39, 0.29) is 11.5 Å². The lowest BCUT2D eigenvalue weighted by molar-refractivity contribution is 0.0957. The molecule has 3 aromatic heterocycles. The zero-order valence-electron chi connectivity index (χ0n) is 16.7. The molecule has 2 N–H and O–H groups in total. The zero-order chi connectivity index (χ0) is 22.2. The van der Waals surface area contributed by atoms with Gasteiger partial charge in [-0.1, -0.05) is 6.07 Å². The van der Waals surface area contributed by atoms with E-state index in [1.165, 1.54) is 16.7 Å². The molecule has 0 aliphatic carbocycles. The highest BCUT2D eigenvalue weighted by molar-refractivity contribution is 5.99. The second kappa shape index (κ2) is 7.63. The number of rotatable bonds is 3. The predicted octanol–water partition coefficient (Wildman–Crippen LogP) is 1.87. The Morgan fingerprint density at radius 1 is 1.19 bits per heavy atom. The molecule has 0 saturated heterocycles. The molecule has 0 radical (unpaired) electrons. The number of nitrogens with zero attached hydrogens (tertiary/aromatic N) is 5. The van der Waals surface area contributed by atoms with Crippen molar-refractivity contribution >= 4 is 22.9 Å². The summed E-state index contributed by atoms with van der Waals surface area (Å²) in [6.07, 6.45) is 1.58. The number of carbonyl (C=O) groups is 1. The van der Waals surface area contributed by atoms with Crippen molar-refractivity contribution in [1.82, 2.24) is 24.8 Å². The van der Waals surface area contributed by atoms with E-state index in [2.05, 4.69) is 20.3 Å². The molecule has 0 bridgehead atoms. The van der Waals surface area contributed by atoms with Crippen molar-refractivity contribution < 1.29 is 9.18 Å². The van der Waals surface area contributed by atoms with Crippen LogP contribution in [0.5, 0.6) is 0 Å². The first-order valence-corrected chi connectivity index (χ1v) is 9.84. The van der Waals surface area contributed by atoms with Gasteiger partial charge in [-0.3, -0.25) is 9.78 Å². The molecule has 0 saturated carbocycles. The molecule has 158 valence electrons. The van der Waals surface area contributed by atoms with Gasteiger partial charge in [-0.2, -0.15) is 5.26 Å². The highest BCUT2D eigenvalue weighted by Gasteiger charge is 2.24. The van der Waals surface area contributed by atoms with Crippen LogP contribution in [0.1, 0.15) is 21.5 Å². The van der Waals surface area contributed by atoms with Gasteiger partial charge in [0, 0.05) is 25.8 Å². The van der Waals surface area contributed by atoms with Crippen molar-refractivity contribution in [2.45, 2.75) is 6.54 Å². The fraction of sp³-hybridized carbons (Fsp3) is 0.136. The molecular weight excluding hydrogens is 413 g/mol. The average Bonchev–Trinajstić information content (AvgIpc) is 3.06. The molecule has 4 heterocycles. The Morgan fingerprint density at radius 2 is 2.06 bits per heavy atom. The third-order valence-electron chi connectivity index (χ3n) is 5.28. The van der Waals surface area contributed by atoms with E-state index in [4.69, 9.17) is 5.26 Å². The minimum absolute atomic E-state index is 0.0497. The van der Waals surface area contributed by atoms with Crippen molar-refractivity contribution in [3.63, 3.8) is 0 Å². The van der Waals surface area contributed by atoms with Gasteiger partial charge in [-0.15, -0.1) is 0 Å². The van der Waals surface area contributed by atoms with Gasteiger partial charge in [0.2, 0.25) is 0 Å². The second-order valence-corrected chi connectivity index (χ2v) is 7.28. The number of benzene rings is 1. The molecule has 9 nitrogen and oxygen atoms in total. The summed E-state index contributed by atoms with van der Waals surface area (Å²) in [6.45, 7) is 1.13. The highest BCUT2D eigenvalue weighted by atomic mass is 19.1. The van der Waals surface area contributed by atoms with Crippen LogP contribution < -0.4 is 15.9 Å². The lowest BCUT2D eigenvalue weighted by Crippen LogP contribution is -2.30. The van der Waals surface area contributed by atoms with Crippen LogP contribution in [0.4, 0.5) is 10.2 Å². The third kappa shape index (κ3) is 3.26. The number of nitrogens with one attached hydrogen (secondary N) is 2. The Bertz CT molecular complexity index is 1470. The molecule has 0 fully saturated rings. The van der Waals surface area contributed by atoms with Gasteiger partial charge in [0.1, 0.15) is 23.5 Å². The summed E-state index contributed by atoms with van der Waals surface area (Å²) in [4.78, 5) is 38.5. The van der Waals surface area contributed by atoms with Crippen LogP contribution >= 0.6 is 0 Å². The number of carbonyl (C=O) groups excluding carboxylic acids is 1. The van der Waals surface area contributed by atoms with E-state index in [1.54, 1.807) is 36.5 Å². The van der Waals surface area contributed by atoms with Crippen LogP contribution in [-0.4, -0.2) is 38.5 Å². The first-order chi connectivity index (χ1) is 15.5. The van der Waals surface area contributed by atoms with Crippen molar-refractivity contribution in [3.8, 4) is 11.9 Å². The van der Waals surface area contributed by atoms with Crippen LogP contribution in [-0.2, 0) is 6.54 Å². The molecule has 10 heteroatoms. The fourth-order valence-corrected chi connectivity index (χ4v) is 3.79. The topological polar surface area (TPSA) is 120 Å². The minimum atomic E-state index is -0.586. The number of nitriles is 1. The molecule has 0 atom stereocenters. The molecular formula is C22H16FN7O2. The first-order valence-electron chi connectivity index (χ1n) is 9.84. The van der Waals surface area contributed by atoms with E-state index < -0.39 is 11.5 Å². The van der Waals surface area contributed by atoms with Crippen molar-refractivity contribution in [3.05, 3.63) is 81.7 Å². The number of fused-ring (bicyclic) bond motifs is 2. The van der Waals surface area contributed by atoms with Crippen molar-refractivity contribution in [2.24, 2.45) is 0 Å². The summed E-state index contributed by atoms with van der Waals surface area (Å²) in [5.74, 6) is -0.126. The Hall–Kier alpha value is -4.52. The quantitative estimate of drug-likeness (QED) is 0.513. The van der Waals surface area contributed by atoms with E-state index in [0.29, 0.717) is 53.6 Å². The van der Waals surface area contributed by atoms with E-state index in [9.17, 15) is 14.0 Å². The maximum atomic E-state index is 13.7. The van der Waals surface area contributed by atoms with Crippen LogP contribution in [0, 0.1) is 17.1 Å². The van der Waals surface area contributed by atoms with E-state index >= 15 is 0 Å². The summed E-state index contributed by atoms with van der Waals surface area (Å²) in [7, 11) is 0. The van der Waals surface area contributed by atoms with Gasteiger partial charge in [0.15, 0.2) is 5.65 Å². The molecule has 1 aliphatic rings. The number of aromatic amines is 1. The Labute approximate surface area is 180 Å². The standard InChI is InChI=1S/C22H16FN7O2/c23-16-5-3-13(10-14(16)11-24)12-29-9-8-26-21(31)15-4-6-18(27-20(15)29)30-17-2-1-7-25-19(17)28-22(30)32/h1-7,10H,8-9,12H2,(H,26,31)(H,25,28,32). The molecule has 1 aromatic carbocycles. The number of imidazole rings is 1. The molecule has 5 rings (SSSR count). The van der Waals surface area contributed by atoms with E-state index in [1.807, 2.05) is 11.0 Å².